The maximum absolute atomic E-state index is 10.5. The lowest BCUT2D eigenvalue weighted by Gasteiger charge is -2.19. The number of aliphatic hydroxyl groups excluding tert-OH is 3. The van der Waals surface area contributed by atoms with Crippen LogP contribution in [0.4, 0.5) is 17.5 Å². The number of aromatic nitrogens is 4. The maximum Gasteiger partial charge on any atom is 0.207 e. The summed E-state index contributed by atoms with van der Waals surface area (Å²) in [7, 11) is 0. The third-order valence-corrected chi connectivity index (χ3v) is 4.95. The van der Waals surface area contributed by atoms with E-state index >= 15 is 0 Å². The molecule has 3 aromatic rings. The highest BCUT2D eigenvalue weighted by atomic mass is 16.6. The van der Waals surface area contributed by atoms with Crippen LogP contribution < -0.4 is 16.8 Å². The molecule has 0 amide bonds. The lowest BCUT2D eigenvalue weighted by atomic mass is 10.1. The van der Waals surface area contributed by atoms with Crippen LogP contribution in [0.2, 0.25) is 0 Å². The molecule has 3 heterocycles. The van der Waals surface area contributed by atoms with Gasteiger partial charge in [0.1, 0.15) is 24.6 Å². The summed E-state index contributed by atoms with van der Waals surface area (Å²) in [4.78, 5) is 12.6. The first-order valence-electron chi connectivity index (χ1n) is 9.18. The predicted octanol–water partition coefficient (Wildman–Crippen LogP) is -0.743. The Balaban J connectivity index is 1.63. The minimum Gasteiger partial charge on any atom is -0.399 e. The number of ether oxygens (including phenoxy) is 1. The van der Waals surface area contributed by atoms with Gasteiger partial charge in [0.15, 0.2) is 23.2 Å². The monoisotopic (exact) mass is 401 g/mol. The minimum atomic E-state index is -1.28. The Bertz CT molecular complexity index is 994. The van der Waals surface area contributed by atoms with Gasteiger partial charge in [0, 0.05) is 12.2 Å². The van der Waals surface area contributed by atoms with Gasteiger partial charge >= 0.3 is 0 Å². The molecular weight excluding hydrogens is 378 g/mol. The van der Waals surface area contributed by atoms with Crippen molar-refractivity contribution in [2.45, 2.75) is 31.0 Å². The molecular formula is C18H23N7O4. The number of nitrogen functional groups attached to an aromatic ring is 2. The van der Waals surface area contributed by atoms with Crippen molar-refractivity contribution in [3.05, 3.63) is 36.2 Å². The normalized spacial score (nSPS) is 24.2. The number of nitrogens with two attached hydrogens (primary N) is 2. The molecule has 4 rings (SSSR count). The zero-order valence-electron chi connectivity index (χ0n) is 15.5. The van der Waals surface area contributed by atoms with Crippen LogP contribution in [0.5, 0.6) is 0 Å². The van der Waals surface area contributed by atoms with Crippen molar-refractivity contribution in [1.29, 1.82) is 0 Å². The van der Waals surface area contributed by atoms with Crippen LogP contribution in [0.1, 0.15) is 11.8 Å². The molecule has 1 aliphatic rings. The largest absolute Gasteiger partial charge is 0.399 e. The van der Waals surface area contributed by atoms with Gasteiger partial charge in [0.2, 0.25) is 5.95 Å². The lowest BCUT2D eigenvalue weighted by molar-refractivity contribution is -0.0501. The Labute approximate surface area is 166 Å². The molecule has 2 unspecified atom stereocenters. The van der Waals surface area contributed by atoms with Crippen LogP contribution in [0.15, 0.2) is 30.6 Å². The summed E-state index contributed by atoms with van der Waals surface area (Å²) in [6.45, 7) is 0.0910. The van der Waals surface area contributed by atoms with Gasteiger partial charge in [-0.3, -0.25) is 4.57 Å². The standard InChI is InChI=1S/C18H23N7O4/c19-10-3-1-9(2-4-10)5-6-21-18-24-12-15(20)22-8-23-16(12)25(18)17-14(28)13(27)11(7-26)29-17/h1-4,8,11,13-14,17,26-28H,5-7,19H2,(H,21,24)(H2,20,22,23)/t11-,13?,14?,17-/m1/s1. The van der Waals surface area contributed by atoms with E-state index in [1.165, 1.54) is 10.9 Å². The molecule has 11 nitrogen and oxygen atoms in total. The molecule has 2 aromatic heterocycles. The van der Waals surface area contributed by atoms with Gasteiger partial charge in [0.05, 0.1) is 6.61 Å². The van der Waals surface area contributed by atoms with Crippen molar-refractivity contribution in [2.75, 3.05) is 29.9 Å². The SMILES string of the molecule is Nc1ccc(CCNc2nc3c(N)ncnc3n2[C@@H]2O[C@H](CO)C(O)C2O)cc1. The minimum absolute atomic E-state index is 0.182. The molecule has 1 aromatic carbocycles. The first-order chi connectivity index (χ1) is 14.0. The maximum atomic E-state index is 10.5. The van der Waals surface area contributed by atoms with Crippen molar-refractivity contribution in [1.82, 2.24) is 19.5 Å². The van der Waals surface area contributed by atoms with E-state index in [0.717, 1.165) is 5.56 Å². The number of imidazole rings is 1. The quantitative estimate of drug-likeness (QED) is 0.288. The van der Waals surface area contributed by atoms with E-state index < -0.39 is 31.1 Å². The smallest absolute Gasteiger partial charge is 0.207 e. The van der Waals surface area contributed by atoms with Gasteiger partial charge < -0.3 is 36.8 Å². The molecule has 154 valence electrons. The Kier molecular flexibility index (Phi) is 5.20. The molecule has 1 aliphatic heterocycles. The summed E-state index contributed by atoms with van der Waals surface area (Å²) in [5, 5.41) is 33.2. The fraction of sp³-hybridized carbons (Fsp3) is 0.389. The van der Waals surface area contributed by atoms with E-state index in [0.29, 0.717) is 35.8 Å². The highest BCUT2D eigenvalue weighted by Crippen LogP contribution is 2.35. The zero-order valence-corrected chi connectivity index (χ0v) is 15.5. The summed E-state index contributed by atoms with van der Waals surface area (Å²) < 4.78 is 7.19. The molecule has 0 spiro atoms. The van der Waals surface area contributed by atoms with E-state index in [4.69, 9.17) is 16.2 Å². The fourth-order valence-electron chi connectivity index (χ4n) is 3.39. The van der Waals surface area contributed by atoms with Crippen LogP contribution in [-0.4, -0.2) is 66.3 Å². The molecule has 0 saturated carbocycles. The average molecular weight is 401 g/mol. The van der Waals surface area contributed by atoms with Crippen molar-refractivity contribution < 1.29 is 20.1 Å². The number of hydrogen-bond acceptors (Lipinski definition) is 10. The van der Waals surface area contributed by atoms with Crippen molar-refractivity contribution in [3.8, 4) is 0 Å². The van der Waals surface area contributed by atoms with E-state index in [1.54, 1.807) is 0 Å². The molecule has 0 bridgehead atoms. The van der Waals surface area contributed by atoms with Crippen LogP contribution >= 0.6 is 0 Å². The molecule has 8 N–H and O–H groups in total. The number of fused-ring (bicyclic) bond motifs is 1. The van der Waals surface area contributed by atoms with Crippen LogP contribution in [0, 0.1) is 0 Å². The van der Waals surface area contributed by atoms with Gasteiger partial charge in [-0.25, -0.2) is 15.0 Å². The molecule has 4 atom stereocenters. The van der Waals surface area contributed by atoms with E-state index in [1.807, 2.05) is 24.3 Å². The van der Waals surface area contributed by atoms with Crippen LogP contribution in [0.25, 0.3) is 11.2 Å². The Hall–Kier alpha value is -2.99. The number of benzene rings is 1. The highest BCUT2D eigenvalue weighted by molar-refractivity contribution is 5.84. The molecule has 29 heavy (non-hydrogen) atoms. The predicted molar refractivity (Wildman–Crippen MR) is 106 cm³/mol. The first-order valence-corrected chi connectivity index (χ1v) is 9.18. The molecule has 0 aliphatic carbocycles. The number of aliphatic hydroxyl groups is 3. The van der Waals surface area contributed by atoms with Gasteiger partial charge in [0.25, 0.3) is 0 Å². The van der Waals surface area contributed by atoms with Crippen molar-refractivity contribution in [3.63, 3.8) is 0 Å². The topological polar surface area (TPSA) is 178 Å². The molecule has 1 saturated heterocycles. The van der Waals surface area contributed by atoms with Gasteiger partial charge in [-0.2, -0.15) is 0 Å². The second-order valence-corrected chi connectivity index (χ2v) is 6.88. The summed E-state index contributed by atoms with van der Waals surface area (Å²) in [6.07, 6.45) is -2.46. The van der Waals surface area contributed by atoms with E-state index in [-0.39, 0.29) is 5.82 Å². The van der Waals surface area contributed by atoms with Crippen LogP contribution in [-0.2, 0) is 11.2 Å². The van der Waals surface area contributed by atoms with Gasteiger partial charge in [-0.1, -0.05) is 12.1 Å². The van der Waals surface area contributed by atoms with E-state index in [2.05, 4.69) is 20.3 Å². The van der Waals surface area contributed by atoms with Crippen molar-refractivity contribution >= 4 is 28.6 Å². The number of nitrogens with one attached hydrogen (secondary N) is 1. The Morgan fingerprint density at radius 3 is 2.55 bits per heavy atom. The second-order valence-electron chi connectivity index (χ2n) is 6.88. The Morgan fingerprint density at radius 1 is 1.10 bits per heavy atom. The molecule has 0 radical (unpaired) electrons. The number of hydrogen-bond donors (Lipinski definition) is 6. The number of anilines is 3. The molecule has 1 fully saturated rings. The lowest BCUT2D eigenvalue weighted by Crippen LogP contribution is -2.33. The average Bonchev–Trinajstić information content (AvgIpc) is 3.22. The summed E-state index contributed by atoms with van der Waals surface area (Å²) in [6, 6.07) is 7.55. The third-order valence-electron chi connectivity index (χ3n) is 4.95. The highest BCUT2D eigenvalue weighted by Gasteiger charge is 2.45. The fourth-order valence-corrected chi connectivity index (χ4v) is 3.39. The number of nitrogens with zero attached hydrogens (tertiary/aromatic N) is 4. The first kappa shape index (κ1) is 19.3. The summed E-state index contributed by atoms with van der Waals surface area (Å²) in [5.41, 5.74) is 14.1. The van der Waals surface area contributed by atoms with Gasteiger partial charge in [-0.05, 0) is 24.1 Å². The zero-order chi connectivity index (χ0) is 20.5. The second kappa shape index (κ2) is 7.79. The summed E-state index contributed by atoms with van der Waals surface area (Å²) >= 11 is 0. The van der Waals surface area contributed by atoms with E-state index in [9.17, 15) is 15.3 Å². The van der Waals surface area contributed by atoms with Gasteiger partial charge in [-0.15, -0.1) is 0 Å². The Morgan fingerprint density at radius 2 is 1.86 bits per heavy atom. The number of rotatable bonds is 6. The summed E-state index contributed by atoms with van der Waals surface area (Å²) in [5.74, 6) is 0.541. The van der Waals surface area contributed by atoms with Crippen LogP contribution in [0.3, 0.4) is 0 Å². The third kappa shape index (κ3) is 3.56. The van der Waals surface area contributed by atoms with Crippen molar-refractivity contribution in [2.24, 2.45) is 0 Å². The molecule has 11 heteroatoms.